The van der Waals surface area contributed by atoms with E-state index in [0.29, 0.717) is 0 Å². The van der Waals surface area contributed by atoms with Crippen LogP contribution >= 0.6 is 0 Å². The van der Waals surface area contributed by atoms with E-state index in [1.54, 1.807) is 0 Å². The number of benzene rings is 12. The summed E-state index contributed by atoms with van der Waals surface area (Å²) in [5, 5.41) is 10.8. The van der Waals surface area contributed by atoms with Crippen molar-refractivity contribution in [1.82, 2.24) is 0 Å². The van der Waals surface area contributed by atoms with E-state index < -0.39 is 33.3 Å². The maximum absolute atomic E-state index is 13.8. The molecule has 8 heterocycles. The third kappa shape index (κ3) is 35.4. The number of hydrogen-bond donors (Lipinski definition) is 0. The summed E-state index contributed by atoms with van der Waals surface area (Å²) in [6.45, 7) is 16.0. The summed E-state index contributed by atoms with van der Waals surface area (Å²) < 4.78 is 39.6. The summed E-state index contributed by atoms with van der Waals surface area (Å²) in [6, 6.07) is 117. The zero-order chi connectivity index (χ0) is 83.6. The van der Waals surface area contributed by atoms with Crippen molar-refractivity contribution in [3.05, 3.63) is 364 Å². The van der Waals surface area contributed by atoms with Crippen LogP contribution < -0.4 is 81.4 Å². The molecule has 8 aliphatic heterocycles. The molecule has 0 aromatic heterocycles. The molecule has 8 saturated heterocycles. The smallest absolute Gasteiger partial charge is 0.848 e. The van der Waals surface area contributed by atoms with Crippen LogP contribution in [0.5, 0.6) is 0 Å². The van der Waals surface area contributed by atoms with Crippen LogP contribution in [0, 0.1) is 0 Å². The topological polar surface area (TPSA) is 166 Å². The van der Waals surface area contributed by atoms with Crippen molar-refractivity contribution in [2.24, 2.45) is 0 Å². The molecule has 12 aromatic carbocycles. The Labute approximate surface area is 792 Å². The largest absolute Gasteiger partial charge is 2.00 e. The molecular weight excluding hydrogens is 1630 g/mol. The zero-order valence-electron chi connectivity index (χ0n) is 71.6. The maximum atomic E-state index is 13.8. The van der Waals surface area contributed by atoms with E-state index in [-0.39, 0.29) is 75.5 Å². The van der Waals surface area contributed by atoms with Crippen molar-refractivity contribution in [3.63, 3.8) is 0 Å². The van der Waals surface area contributed by atoms with Gasteiger partial charge in [0.15, 0.2) is 0 Å². The van der Waals surface area contributed by atoms with Crippen LogP contribution in [-0.2, 0) is 37.9 Å². The molecule has 122 heavy (non-hydrogen) atoms. The molecule has 12 aromatic rings. The van der Waals surface area contributed by atoms with E-state index in [9.17, 15) is 19.2 Å². The third-order valence-corrected chi connectivity index (χ3v) is 34.5. The second-order valence-corrected chi connectivity index (χ2v) is 42.1. The molecule has 0 N–H and O–H groups in total. The normalized spacial score (nSPS) is 15.2. The van der Waals surface area contributed by atoms with Crippen molar-refractivity contribution >= 4 is 171 Å². The van der Waals surface area contributed by atoms with E-state index in [2.05, 4.69) is 0 Å². The third-order valence-electron chi connectivity index (χ3n) is 20.8. The number of hydrogen-bond acceptors (Lipinski definition) is 12. The minimum atomic E-state index is -3.13. The Morgan fingerprint density at radius 3 is 0.238 bits per heavy atom. The van der Waals surface area contributed by atoms with E-state index in [4.69, 9.17) is 37.9 Å². The molecule has 8 fully saturated rings. The molecule has 0 bridgehead atoms. The van der Waals surface area contributed by atoms with E-state index >= 15 is 0 Å². The molecular formula is C104H124Ca2O12Si4. The fourth-order valence-electron chi connectivity index (χ4n) is 14.2. The fraction of sp³-hybridized carbons (Fsp3) is 0.308. The van der Waals surface area contributed by atoms with Gasteiger partial charge in [0.1, 0.15) is 0 Å². The van der Waals surface area contributed by atoms with Crippen molar-refractivity contribution < 1.29 is 57.1 Å². The van der Waals surface area contributed by atoms with Gasteiger partial charge in [0.2, 0.25) is 0 Å². The monoisotopic (exact) mass is 1760 g/mol. The number of rotatable bonds is 12. The van der Waals surface area contributed by atoms with Crippen LogP contribution in [0.1, 0.15) is 103 Å². The van der Waals surface area contributed by atoms with E-state index in [1.807, 2.05) is 364 Å². The van der Waals surface area contributed by atoms with Gasteiger partial charge in [-0.3, -0.25) is 0 Å². The Bertz CT molecular complexity index is 3370. The van der Waals surface area contributed by atoms with Crippen molar-refractivity contribution in [1.29, 1.82) is 0 Å². The molecule has 0 unspecified atom stereocenters. The molecule has 8 aliphatic rings. The van der Waals surface area contributed by atoms with Crippen molar-refractivity contribution in [2.45, 2.75) is 103 Å². The Morgan fingerprint density at radius 2 is 0.189 bits per heavy atom. The zero-order valence-corrected chi connectivity index (χ0v) is 80.0. The molecule has 18 heteroatoms. The maximum Gasteiger partial charge on any atom is 2.00 e. The van der Waals surface area contributed by atoms with Crippen LogP contribution in [-0.4, -0.2) is 214 Å². The average molecular weight is 1760 g/mol. The summed E-state index contributed by atoms with van der Waals surface area (Å²) in [7, 11) is -12.5. The minimum Gasteiger partial charge on any atom is -0.848 e. The Morgan fingerprint density at radius 1 is 0.123 bits per heavy atom. The van der Waals surface area contributed by atoms with Gasteiger partial charge < -0.3 is 57.1 Å². The molecule has 0 atom stereocenters. The molecule has 0 saturated carbocycles. The van der Waals surface area contributed by atoms with E-state index in [1.165, 1.54) is 103 Å². The van der Waals surface area contributed by atoms with Gasteiger partial charge in [0.05, 0.1) is 33.3 Å². The first-order chi connectivity index (χ1) is 59.3. The van der Waals surface area contributed by atoms with Crippen LogP contribution in [0.15, 0.2) is 364 Å². The van der Waals surface area contributed by atoms with Crippen LogP contribution in [0.4, 0.5) is 0 Å². The molecule has 0 radical (unpaired) electrons. The SMILES string of the molecule is C1CCOC1.C1CCOC1.C1CCOC1.C1CCOC1.C1CCOC1.C1CCOC1.C1CCOC1.C1CCOC1.[Ca+2].[Ca+2].[O-][Si](c1ccccc1)(c1ccccc1)c1ccccc1.[O-][Si](c1ccccc1)(c1ccccc1)c1ccccc1.[O-][Si](c1ccccc1)(c1ccccc1)c1ccccc1.[O-][Si](c1ccccc1)(c1ccccc1)c1ccccc1. The predicted octanol–water partition coefficient (Wildman–Crippen LogP) is 9.67. The summed E-state index contributed by atoms with van der Waals surface area (Å²) >= 11 is 0. The summed E-state index contributed by atoms with van der Waals surface area (Å²) in [5.41, 5.74) is 0. The van der Waals surface area contributed by atoms with Crippen molar-refractivity contribution in [3.8, 4) is 0 Å². The molecule has 0 amide bonds. The molecule has 0 spiro atoms. The second kappa shape index (κ2) is 62.6. The first-order valence-corrected chi connectivity index (χ1v) is 51.0. The average Bonchev–Trinajstić information content (AvgIpc) is 1.17. The Hall–Kier alpha value is -6.45. The van der Waals surface area contributed by atoms with Gasteiger partial charge in [-0.1, -0.05) is 426 Å². The molecule has 0 aliphatic carbocycles. The van der Waals surface area contributed by atoms with Crippen LogP contribution in [0.3, 0.4) is 0 Å². The Balaban J connectivity index is 0.000000193. The number of ether oxygens (including phenoxy) is 8. The molecule has 20 rings (SSSR count). The summed E-state index contributed by atoms with van der Waals surface area (Å²) in [4.78, 5) is 55.4. The molecule has 632 valence electrons. The summed E-state index contributed by atoms with van der Waals surface area (Å²) in [6.07, 6.45) is 20.4. The first-order valence-electron chi connectivity index (χ1n) is 43.4. The quantitative estimate of drug-likeness (QED) is 0.0841. The first kappa shape index (κ1) is 103. The van der Waals surface area contributed by atoms with Gasteiger partial charge in [-0.25, -0.2) is 0 Å². The predicted molar refractivity (Wildman–Crippen MR) is 508 cm³/mol. The fourth-order valence-corrected chi connectivity index (χ4v) is 26.1. The molecule has 12 nitrogen and oxygen atoms in total. The van der Waals surface area contributed by atoms with Gasteiger partial charge >= 0.3 is 75.5 Å². The van der Waals surface area contributed by atoms with Gasteiger partial charge in [0, 0.05) is 106 Å². The second-order valence-electron chi connectivity index (χ2n) is 29.7. The van der Waals surface area contributed by atoms with Crippen LogP contribution in [0.25, 0.3) is 0 Å². The van der Waals surface area contributed by atoms with Gasteiger partial charge in [-0.15, -0.1) is 0 Å². The van der Waals surface area contributed by atoms with Gasteiger partial charge in [0.25, 0.3) is 0 Å². The van der Waals surface area contributed by atoms with Gasteiger partial charge in [-0.05, 0) is 103 Å². The van der Waals surface area contributed by atoms with E-state index in [0.717, 1.165) is 168 Å². The van der Waals surface area contributed by atoms with Crippen LogP contribution in [0.2, 0.25) is 0 Å². The minimum absolute atomic E-state index is 0. The Kier molecular flexibility index (Phi) is 52.7. The standard InChI is InChI=1S/4C18H15OSi.8C4H8O.2Ca/c4*19-20(16-10-4-1-5-11-16,17-12-6-2-7-13-17)18-14-8-3-9-15-18;8*1-2-4-5-3-1;;/h4*1-15H;8*1-4H2;;/q4*-1;;;;;;;;;2*+2. The van der Waals surface area contributed by atoms with Crippen molar-refractivity contribution in [2.75, 3.05) is 106 Å². The summed E-state index contributed by atoms with van der Waals surface area (Å²) in [5.74, 6) is 0. The van der Waals surface area contributed by atoms with Gasteiger partial charge in [-0.2, -0.15) is 0 Å².